The van der Waals surface area contributed by atoms with Crippen LogP contribution >= 0.6 is 17.0 Å². The number of rotatable bonds is 4. The summed E-state index contributed by atoms with van der Waals surface area (Å²) in [4.78, 5) is 25.0. The second kappa shape index (κ2) is 16.9. The van der Waals surface area contributed by atoms with Gasteiger partial charge < -0.3 is 10.6 Å². The maximum absolute atomic E-state index is 12.5. The Kier molecular flexibility index (Phi) is 14.4. The molecule has 4 rings (SSSR count). The van der Waals surface area contributed by atoms with Gasteiger partial charge in [-0.05, 0) is 72.2 Å². The molecule has 0 fully saturated rings. The van der Waals surface area contributed by atoms with Crippen molar-refractivity contribution >= 4 is 40.0 Å². The van der Waals surface area contributed by atoms with E-state index in [1.807, 2.05) is 98.8 Å². The Bertz CT molecular complexity index is 1340. The Morgan fingerprint density at radius 2 is 0.884 bits per heavy atom. The van der Waals surface area contributed by atoms with E-state index in [2.05, 4.69) is 52.2 Å². The zero-order chi connectivity index (χ0) is 32.2. The predicted molar refractivity (Wildman–Crippen MR) is 181 cm³/mol. The van der Waals surface area contributed by atoms with Gasteiger partial charge in [0.2, 0.25) is 0 Å². The first-order valence-electron chi connectivity index (χ1n) is 14.1. The third-order valence-corrected chi connectivity index (χ3v) is 6.48. The second-order valence-corrected chi connectivity index (χ2v) is 16.1. The average Bonchev–Trinajstić information content (AvgIpc) is 2.94. The molecule has 0 atom stereocenters. The van der Waals surface area contributed by atoms with Crippen LogP contribution in [-0.2, 0) is 30.4 Å². The molecule has 0 unspecified atom stereocenters. The van der Waals surface area contributed by atoms with Gasteiger partial charge in [-0.25, -0.2) is 0 Å². The summed E-state index contributed by atoms with van der Waals surface area (Å²) in [6.45, 7) is 16.4. The molecule has 226 valence electrons. The van der Waals surface area contributed by atoms with Crippen LogP contribution in [0, 0.1) is 10.8 Å². The predicted octanol–water partition coefficient (Wildman–Crippen LogP) is 10.3. The van der Waals surface area contributed by atoms with Crippen LogP contribution in [0.1, 0.15) is 55.4 Å². The zero-order valence-corrected chi connectivity index (χ0v) is 30.3. The number of hydrogen-bond acceptors (Lipinski definition) is 4. The van der Waals surface area contributed by atoms with Crippen LogP contribution in [0.5, 0.6) is 0 Å². The van der Waals surface area contributed by atoms with E-state index in [1.54, 1.807) is 12.4 Å². The van der Waals surface area contributed by atoms with Crippen molar-refractivity contribution < 1.29 is 30.4 Å². The number of nitrogens with one attached hydrogen (secondary N) is 2. The van der Waals surface area contributed by atoms with E-state index in [0.717, 1.165) is 33.7 Å². The molecule has 2 aromatic carbocycles. The molecule has 0 saturated carbocycles. The Hall–Kier alpha value is -2.72. The van der Waals surface area contributed by atoms with Gasteiger partial charge in [0, 0.05) is 46.1 Å². The Morgan fingerprint density at radius 1 is 0.581 bits per heavy atom. The van der Waals surface area contributed by atoms with Gasteiger partial charge in [0.05, 0.1) is 0 Å². The summed E-state index contributed by atoms with van der Waals surface area (Å²) in [5, 5.41) is 6.37. The van der Waals surface area contributed by atoms with Crippen LogP contribution < -0.4 is 10.6 Å². The molecule has 0 heterocycles. The molecule has 4 nitrogen and oxygen atoms in total. The van der Waals surface area contributed by atoms with Crippen molar-refractivity contribution in [1.29, 1.82) is 0 Å². The summed E-state index contributed by atoms with van der Waals surface area (Å²) in [7, 11) is 9.87. The van der Waals surface area contributed by atoms with Gasteiger partial charge in [0.25, 0.3) is 0 Å². The molecule has 0 spiro atoms. The minimum atomic E-state index is -0.826. The van der Waals surface area contributed by atoms with E-state index in [9.17, 15) is 9.59 Å². The summed E-state index contributed by atoms with van der Waals surface area (Å²) in [6.07, 6.45) is 11.4. The number of carbonyl (C=O) groups excluding carboxylic acids is 2. The van der Waals surface area contributed by atoms with Crippen molar-refractivity contribution in [3.63, 3.8) is 0 Å². The van der Waals surface area contributed by atoms with Gasteiger partial charge in [-0.3, -0.25) is 9.59 Å². The van der Waals surface area contributed by atoms with E-state index in [0.29, 0.717) is 11.1 Å². The number of halogens is 2. The van der Waals surface area contributed by atoms with Crippen LogP contribution in [0.25, 0.3) is 0 Å². The molecule has 2 aromatic rings. The number of hydrogen-bond donors (Lipinski definition) is 2. The molecule has 0 bridgehead atoms. The second-order valence-electron chi connectivity index (χ2n) is 12.3. The van der Waals surface area contributed by atoms with Crippen LogP contribution in [-0.4, -0.2) is 11.6 Å². The van der Waals surface area contributed by atoms with E-state index >= 15 is 0 Å². The fraction of sp³-hybridized carbons (Fsp3) is 0.278. The van der Waals surface area contributed by atoms with Gasteiger partial charge in [0.15, 0.2) is 11.6 Å². The maximum atomic E-state index is 12.5. The molecular weight excluding hydrogens is 655 g/mol. The zero-order valence-electron chi connectivity index (χ0n) is 26.3. The number of anilines is 2. The molecule has 43 heavy (non-hydrogen) atoms. The molecule has 0 aliphatic heterocycles. The number of allylic oxidation sites excluding steroid dienone is 10. The van der Waals surface area contributed by atoms with Crippen molar-refractivity contribution in [2.24, 2.45) is 10.8 Å². The fourth-order valence-electron chi connectivity index (χ4n) is 4.32. The van der Waals surface area contributed by atoms with Gasteiger partial charge in [-0.15, -0.1) is 0 Å². The van der Waals surface area contributed by atoms with Crippen molar-refractivity contribution in [3.05, 3.63) is 131 Å². The number of para-hydroxylation sites is 2. The van der Waals surface area contributed by atoms with Gasteiger partial charge in [-0.1, -0.05) is 90.1 Å². The minimum absolute atomic E-state index is 0.103. The molecule has 0 saturated heterocycles. The van der Waals surface area contributed by atoms with E-state index in [-0.39, 0.29) is 22.4 Å². The summed E-state index contributed by atoms with van der Waals surface area (Å²) in [6, 6.07) is 19.7. The molecule has 0 aromatic heterocycles. The molecule has 2 N–H and O–H groups in total. The van der Waals surface area contributed by atoms with E-state index in [4.69, 9.17) is 17.0 Å². The standard InChI is InChI=1S/2C18H21NO.2ClH.Zr/c2*1-13-10-14(12-19-15-8-6-5-7-9-15)17(20)16(11-13)18(2,3)4;;;/h2*5-12,19H,1-4H3;2*1H;/q;;;;+2/p-2/b14-12+;14-12-;;;. The molecule has 0 radical (unpaired) electrons. The van der Waals surface area contributed by atoms with Crippen molar-refractivity contribution in [2.45, 2.75) is 55.4 Å². The monoisotopic (exact) mass is 694 g/mol. The van der Waals surface area contributed by atoms with E-state index in [1.165, 1.54) is 0 Å². The third kappa shape index (κ3) is 12.1. The summed E-state index contributed by atoms with van der Waals surface area (Å²) in [5.41, 5.74) is 7.02. The molecular formula is C36H42Cl2N2O2Zr. The third-order valence-electron chi connectivity index (χ3n) is 6.48. The summed E-state index contributed by atoms with van der Waals surface area (Å²) in [5.74, 6) is 0.207. The number of ketones is 2. The molecule has 2 aliphatic carbocycles. The first-order chi connectivity index (χ1) is 20.2. The quantitative estimate of drug-likeness (QED) is 0.313. The first kappa shape index (κ1) is 36.5. The van der Waals surface area contributed by atoms with E-state index < -0.39 is 20.8 Å². The number of benzene rings is 2. The number of carbonyl (C=O) groups is 2. The summed E-state index contributed by atoms with van der Waals surface area (Å²) >= 11 is -0.826. The van der Waals surface area contributed by atoms with Crippen LogP contribution in [0.15, 0.2) is 131 Å². The van der Waals surface area contributed by atoms with Crippen molar-refractivity contribution in [3.8, 4) is 0 Å². The SMILES string of the molecule is CC1=C/C(=C/Nc2ccccc2)C(=O)C(C(C)(C)C)=C1.CC1=C/C(=C\Nc2ccccc2)C(=O)C(C(C)(C)C)=C1.[Cl][Zr][Cl]. The van der Waals surface area contributed by atoms with Crippen LogP contribution in [0.4, 0.5) is 11.4 Å². The van der Waals surface area contributed by atoms with Gasteiger partial charge in [-0.2, -0.15) is 0 Å². The van der Waals surface area contributed by atoms with Crippen molar-refractivity contribution in [2.75, 3.05) is 10.6 Å². The van der Waals surface area contributed by atoms with Gasteiger partial charge >= 0.3 is 37.9 Å². The van der Waals surface area contributed by atoms with Crippen LogP contribution in [0.2, 0.25) is 0 Å². The molecule has 2 aliphatic rings. The van der Waals surface area contributed by atoms with Gasteiger partial charge in [0.1, 0.15) is 0 Å². The van der Waals surface area contributed by atoms with Crippen LogP contribution in [0.3, 0.4) is 0 Å². The fourth-order valence-corrected chi connectivity index (χ4v) is 4.32. The molecule has 0 amide bonds. The number of Topliss-reactive ketones (excluding diaryl/α,β-unsaturated/α-hetero) is 2. The van der Waals surface area contributed by atoms with Crippen molar-refractivity contribution in [1.82, 2.24) is 0 Å². The topological polar surface area (TPSA) is 58.2 Å². The first-order valence-corrected chi connectivity index (χ1v) is 20.4. The summed E-state index contributed by atoms with van der Waals surface area (Å²) < 4.78 is 0. The normalized spacial score (nSPS) is 16.9. The average molecular weight is 697 g/mol. The Balaban J connectivity index is 0.000000275. The Morgan fingerprint density at radius 3 is 1.16 bits per heavy atom. The Labute approximate surface area is 276 Å². The molecule has 7 heteroatoms.